The van der Waals surface area contributed by atoms with Crippen molar-refractivity contribution in [1.29, 1.82) is 0 Å². The Morgan fingerprint density at radius 1 is 1.28 bits per heavy atom. The number of hydrogen-bond acceptors (Lipinski definition) is 4. The number of rotatable bonds is 6. The van der Waals surface area contributed by atoms with Gasteiger partial charge in [-0.25, -0.2) is 0 Å². The SMILES string of the molecule is CCN1CCC(N(C)C(=O)c2ccc(N(CC)CC)cc2O)C(C)C1. The number of anilines is 1. The number of phenols is 1. The van der Waals surface area contributed by atoms with Crippen LogP contribution in [0.5, 0.6) is 5.75 Å². The van der Waals surface area contributed by atoms with Crippen molar-refractivity contribution in [2.75, 3.05) is 44.7 Å². The molecule has 1 amide bonds. The average molecular weight is 348 g/mol. The van der Waals surface area contributed by atoms with E-state index >= 15 is 0 Å². The summed E-state index contributed by atoms with van der Waals surface area (Å²) in [4.78, 5) is 19.3. The lowest BCUT2D eigenvalue weighted by Crippen LogP contribution is -2.50. The van der Waals surface area contributed by atoms with Crippen molar-refractivity contribution < 1.29 is 9.90 Å². The van der Waals surface area contributed by atoms with Crippen molar-refractivity contribution in [3.05, 3.63) is 23.8 Å². The number of aromatic hydroxyl groups is 1. The number of nitrogens with zero attached hydrogens (tertiary/aromatic N) is 3. The zero-order valence-corrected chi connectivity index (χ0v) is 16.3. The second kappa shape index (κ2) is 8.56. The first kappa shape index (κ1) is 19.6. The van der Waals surface area contributed by atoms with Gasteiger partial charge in [0.2, 0.25) is 0 Å². The van der Waals surface area contributed by atoms with Gasteiger partial charge in [-0.1, -0.05) is 13.8 Å². The van der Waals surface area contributed by atoms with Crippen LogP contribution in [-0.4, -0.2) is 66.6 Å². The number of carbonyl (C=O) groups excluding carboxylic acids is 1. The summed E-state index contributed by atoms with van der Waals surface area (Å²) in [6.45, 7) is 13.4. The van der Waals surface area contributed by atoms with Gasteiger partial charge in [-0.05, 0) is 44.9 Å². The molecule has 0 aromatic heterocycles. The molecular formula is C20H33N3O2. The summed E-state index contributed by atoms with van der Waals surface area (Å²) in [6.07, 6.45) is 0.982. The van der Waals surface area contributed by atoms with Crippen LogP contribution in [0.25, 0.3) is 0 Å². The third-order valence-electron chi connectivity index (χ3n) is 5.55. The molecule has 1 N–H and O–H groups in total. The number of piperidine rings is 1. The minimum Gasteiger partial charge on any atom is -0.507 e. The van der Waals surface area contributed by atoms with Gasteiger partial charge in [0, 0.05) is 51.0 Å². The summed E-state index contributed by atoms with van der Waals surface area (Å²) in [7, 11) is 1.86. The van der Waals surface area contributed by atoms with Gasteiger partial charge >= 0.3 is 0 Å². The van der Waals surface area contributed by atoms with E-state index in [0.717, 1.165) is 44.8 Å². The van der Waals surface area contributed by atoms with Crippen LogP contribution in [0, 0.1) is 5.92 Å². The molecule has 5 heteroatoms. The molecule has 1 aromatic carbocycles. The highest BCUT2D eigenvalue weighted by atomic mass is 16.3. The third kappa shape index (κ3) is 4.27. The summed E-state index contributed by atoms with van der Waals surface area (Å²) in [5.74, 6) is 0.407. The summed E-state index contributed by atoms with van der Waals surface area (Å²) >= 11 is 0. The second-order valence-electron chi connectivity index (χ2n) is 7.02. The Balaban J connectivity index is 2.14. The van der Waals surface area contributed by atoms with Crippen LogP contribution >= 0.6 is 0 Å². The van der Waals surface area contributed by atoms with Gasteiger partial charge in [0.1, 0.15) is 5.75 Å². The molecule has 1 aliphatic heterocycles. The lowest BCUT2D eigenvalue weighted by atomic mass is 9.92. The van der Waals surface area contributed by atoms with Crippen LogP contribution in [0.15, 0.2) is 18.2 Å². The molecule has 0 spiro atoms. The highest BCUT2D eigenvalue weighted by molar-refractivity contribution is 5.97. The van der Waals surface area contributed by atoms with Gasteiger partial charge in [-0.2, -0.15) is 0 Å². The van der Waals surface area contributed by atoms with Gasteiger partial charge in [0.25, 0.3) is 5.91 Å². The number of phenolic OH excluding ortho intramolecular Hbond substituents is 1. The quantitative estimate of drug-likeness (QED) is 0.859. The first-order chi connectivity index (χ1) is 11.9. The smallest absolute Gasteiger partial charge is 0.257 e. The molecule has 0 saturated carbocycles. The van der Waals surface area contributed by atoms with Crippen molar-refractivity contribution in [1.82, 2.24) is 9.80 Å². The van der Waals surface area contributed by atoms with Crippen LogP contribution in [0.2, 0.25) is 0 Å². The topological polar surface area (TPSA) is 47.0 Å². The third-order valence-corrected chi connectivity index (χ3v) is 5.55. The fourth-order valence-corrected chi connectivity index (χ4v) is 3.91. The van der Waals surface area contributed by atoms with E-state index < -0.39 is 0 Å². The molecule has 1 saturated heterocycles. The van der Waals surface area contributed by atoms with Gasteiger partial charge in [0.05, 0.1) is 5.56 Å². The normalized spacial score (nSPS) is 21.2. The van der Waals surface area contributed by atoms with Gasteiger partial charge in [-0.3, -0.25) is 4.79 Å². The maximum absolute atomic E-state index is 12.9. The largest absolute Gasteiger partial charge is 0.507 e. The van der Waals surface area contributed by atoms with Crippen LogP contribution in [-0.2, 0) is 0 Å². The number of likely N-dealkylation sites (tertiary alicyclic amines) is 1. The summed E-state index contributed by atoms with van der Waals surface area (Å²) in [5.41, 5.74) is 1.34. The molecule has 1 fully saturated rings. The van der Waals surface area contributed by atoms with E-state index in [4.69, 9.17) is 0 Å². The Kier molecular flexibility index (Phi) is 6.71. The molecule has 140 valence electrons. The van der Waals surface area contributed by atoms with Crippen molar-refractivity contribution >= 4 is 11.6 Å². The first-order valence-electron chi connectivity index (χ1n) is 9.50. The van der Waals surface area contributed by atoms with Crippen LogP contribution in [0.1, 0.15) is 44.5 Å². The number of carbonyl (C=O) groups is 1. The molecule has 0 bridgehead atoms. The Hall–Kier alpha value is -1.75. The molecule has 25 heavy (non-hydrogen) atoms. The molecule has 0 radical (unpaired) electrons. The Morgan fingerprint density at radius 2 is 1.96 bits per heavy atom. The van der Waals surface area contributed by atoms with Crippen LogP contribution in [0.4, 0.5) is 5.69 Å². The summed E-state index contributed by atoms with van der Waals surface area (Å²) in [5, 5.41) is 10.4. The molecule has 5 nitrogen and oxygen atoms in total. The standard InChI is InChI=1S/C20H33N3O2/c1-6-22-12-11-18(15(4)14-22)21(5)20(25)17-10-9-16(13-19(17)24)23(7-2)8-3/h9-10,13,15,18,24H,6-8,11-12,14H2,1-5H3. The van der Waals surface area contributed by atoms with Crippen molar-refractivity contribution in [2.24, 2.45) is 5.92 Å². The van der Waals surface area contributed by atoms with Crippen LogP contribution < -0.4 is 4.90 Å². The monoisotopic (exact) mass is 347 g/mol. The van der Waals surface area contributed by atoms with E-state index in [1.807, 2.05) is 18.0 Å². The molecule has 1 aliphatic rings. The van der Waals surface area contributed by atoms with Gasteiger partial charge in [-0.15, -0.1) is 0 Å². The molecule has 2 atom stereocenters. The minimum absolute atomic E-state index is 0.0693. The van der Waals surface area contributed by atoms with E-state index in [1.54, 1.807) is 12.1 Å². The predicted molar refractivity (Wildman–Crippen MR) is 103 cm³/mol. The molecular weight excluding hydrogens is 314 g/mol. The Morgan fingerprint density at radius 3 is 2.48 bits per heavy atom. The number of hydrogen-bond donors (Lipinski definition) is 1. The van der Waals surface area contributed by atoms with E-state index in [-0.39, 0.29) is 17.7 Å². The highest BCUT2D eigenvalue weighted by Gasteiger charge is 2.31. The maximum Gasteiger partial charge on any atom is 0.257 e. The second-order valence-corrected chi connectivity index (χ2v) is 7.02. The minimum atomic E-state index is -0.0922. The lowest BCUT2D eigenvalue weighted by molar-refractivity contribution is 0.0518. The maximum atomic E-state index is 12.9. The molecule has 1 heterocycles. The zero-order chi connectivity index (χ0) is 18.6. The molecule has 2 rings (SSSR count). The van der Waals surface area contributed by atoms with Crippen LogP contribution in [0.3, 0.4) is 0 Å². The van der Waals surface area contributed by atoms with Crippen molar-refractivity contribution in [3.8, 4) is 5.75 Å². The zero-order valence-electron chi connectivity index (χ0n) is 16.3. The summed E-state index contributed by atoms with van der Waals surface area (Å²) < 4.78 is 0. The van der Waals surface area contributed by atoms with E-state index in [0.29, 0.717) is 11.5 Å². The van der Waals surface area contributed by atoms with E-state index in [1.165, 1.54) is 0 Å². The Bertz CT molecular complexity index is 586. The predicted octanol–water partition coefficient (Wildman–Crippen LogP) is 3.04. The van der Waals surface area contributed by atoms with E-state index in [2.05, 4.69) is 37.5 Å². The molecule has 2 unspecified atom stereocenters. The van der Waals surface area contributed by atoms with Gasteiger partial charge < -0.3 is 19.8 Å². The fraction of sp³-hybridized carbons (Fsp3) is 0.650. The first-order valence-corrected chi connectivity index (χ1v) is 9.50. The fourth-order valence-electron chi connectivity index (χ4n) is 3.91. The molecule has 0 aliphatic carbocycles. The number of amides is 1. The highest BCUT2D eigenvalue weighted by Crippen LogP contribution is 2.28. The van der Waals surface area contributed by atoms with Crippen molar-refractivity contribution in [3.63, 3.8) is 0 Å². The Labute approximate surface area is 152 Å². The average Bonchev–Trinajstić information content (AvgIpc) is 2.61. The molecule has 1 aromatic rings. The van der Waals surface area contributed by atoms with Gasteiger partial charge in [0.15, 0.2) is 0 Å². The van der Waals surface area contributed by atoms with Crippen molar-refractivity contribution in [2.45, 2.75) is 40.2 Å². The van der Waals surface area contributed by atoms with E-state index in [9.17, 15) is 9.90 Å². The summed E-state index contributed by atoms with van der Waals surface area (Å²) in [6, 6.07) is 5.61. The lowest BCUT2D eigenvalue weighted by Gasteiger charge is -2.41. The number of benzene rings is 1.